The molecular formula is H2CoMgNbZr. The Balaban J connectivity index is 0. The van der Waals surface area contributed by atoms with E-state index in [0.717, 1.165) is 0 Å². The minimum atomic E-state index is 0. The molecule has 0 aliphatic heterocycles. The number of hydrogen-bond donors (Lipinski definition) is 0. The molecule has 0 unspecified atom stereocenters. The molecule has 0 aromatic carbocycles. The summed E-state index contributed by atoms with van der Waals surface area (Å²) in [5, 5.41) is 0. The molecule has 0 aromatic heterocycles. The second kappa shape index (κ2) is 16.9. The maximum absolute atomic E-state index is 0. The Morgan fingerprint density at radius 3 is 1.00 bits per heavy atom. The van der Waals surface area contributed by atoms with Gasteiger partial charge in [-0.25, -0.2) is 0 Å². The minimum Gasteiger partial charge on any atom is 0 e. The smallest absolute Gasteiger partial charge is 0 e. The van der Waals surface area contributed by atoms with Gasteiger partial charge in [-0.15, -0.1) is 0 Å². The third kappa shape index (κ3) is 8.86. The molecule has 4 heteroatoms. The molecule has 0 aliphatic carbocycles. The maximum atomic E-state index is 0. The van der Waals surface area contributed by atoms with Crippen LogP contribution in [0.1, 0.15) is 0 Å². The summed E-state index contributed by atoms with van der Waals surface area (Å²) >= 11 is 0. The summed E-state index contributed by atoms with van der Waals surface area (Å²) in [6.07, 6.45) is 0. The van der Waals surface area contributed by atoms with Crippen molar-refractivity contribution in [1.82, 2.24) is 0 Å². The van der Waals surface area contributed by atoms with Gasteiger partial charge in [-0.05, 0) is 0 Å². The van der Waals surface area contributed by atoms with Crippen molar-refractivity contribution in [3.63, 3.8) is 0 Å². The third-order valence-corrected chi connectivity index (χ3v) is 0. The van der Waals surface area contributed by atoms with Crippen LogP contribution in [0, 0.1) is 0 Å². The molecule has 2 radical (unpaired) electrons. The molecule has 0 nitrogen and oxygen atoms in total. The van der Waals surface area contributed by atoms with Crippen molar-refractivity contribution in [2.24, 2.45) is 0 Å². The quantitative estimate of drug-likeness (QED) is 0.499. The van der Waals surface area contributed by atoms with E-state index in [1.54, 1.807) is 0 Å². The van der Waals surface area contributed by atoms with E-state index in [0.29, 0.717) is 0 Å². The van der Waals surface area contributed by atoms with Crippen molar-refractivity contribution < 1.29 is 65.4 Å². The van der Waals surface area contributed by atoms with Gasteiger partial charge in [0.1, 0.15) is 0 Å². The zero-order valence-electron chi connectivity index (χ0n) is 1.28. The zero-order chi connectivity index (χ0) is 0. The first-order valence-electron chi connectivity index (χ1n) is 0. The van der Waals surface area contributed by atoms with Crippen LogP contribution in [0.15, 0.2) is 0 Å². The summed E-state index contributed by atoms with van der Waals surface area (Å²) in [5.41, 5.74) is 0. The van der Waals surface area contributed by atoms with Crippen LogP contribution in [-0.2, 0) is 65.4 Å². The summed E-state index contributed by atoms with van der Waals surface area (Å²) in [4.78, 5) is 0. The van der Waals surface area contributed by atoms with Crippen LogP contribution in [0.5, 0.6) is 0 Å². The first-order chi connectivity index (χ1) is 0. The molecule has 0 aliphatic rings. The molecule has 0 N–H and O–H groups in total. The predicted molar refractivity (Wildman–Crippen MR) is 8.54 cm³/mol. The van der Waals surface area contributed by atoms with Gasteiger partial charge in [0.05, 0.1) is 0 Å². The predicted octanol–water partition coefficient (Wildman–Crippen LogP) is -0.924. The van der Waals surface area contributed by atoms with E-state index in [2.05, 4.69) is 0 Å². The van der Waals surface area contributed by atoms with E-state index in [-0.39, 0.29) is 88.4 Å². The van der Waals surface area contributed by atoms with E-state index in [1.165, 1.54) is 0 Å². The summed E-state index contributed by atoms with van der Waals surface area (Å²) in [6.45, 7) is 0. The van der Waals surface area contributed by atoms with Gasteiger partial charge in [0.2, 0.25) is 0 Å². The van der Waals surface area contributed by atoms with Crippen molar-refractivity contribution in [3.8, 4) is 0 Å². The Morgan fingerprint density at radius 2 is 1.00 bits per heavy atom. The van der Waals surface area contributed by atoms with Crippen LogP contribution in [0.25, 0.3) is 0 Å². The van der Waals surface area contributed by atoms with Crippen molar-refractivity contribution in [1.29, 1.82) is 0 Å². The number of rotatable bonds is 0. The molecule has 0 heterocycles. The molecule has 0 atom stereocenters. The van der Waals surface area contributed by atoms with Crippen molar-refractivity contribution in [2.75, 3.05) is 0 Å². The third-order valence-electron chi connectivity index (χ3n) is 0. The first-order valence-corrected chi connectivity index (χ1v) is 0. The molecule has 22 valence electrons. The molecule has 0 spiro atoms. The molecule has 0 bridgehead atoms. The Labute approximate surface area is 86.8 Å². The second-order valence-corrected chi connectivity index (χ2v) is 0. The molecule has 0 rings (SSSR count). The largest absolute Gasteiger partial charge is 0.316 e. The van der Waals surface area contributed by atoms with Gasteiger partial charge in [-0.1, -0.05) is 0 Å². The van der Waals surface area contributed by atoms with E-state index >= 15 is 0 Å². The van der Waals surface area contributed by atoms with Gasteiger partial charge in [0.15, 0.2) is 0 Å². The van der Waals surface area contributed by atoms with Gasteiger partial charge >= 0.3 is 23.1 Å². The first kappa shape index (κ1) is 28.6. The van der Waals surface area contributed by atoms with Crippen LogP contribution in [0.3, 0.4) is 0 Å². The van der Waals surface area contributed by atoms with E-state index in [4.69, 9.17) is 0 Å². The van der Waals surface area contributed by atoms with Crippen LogP contribution < -0.4 is 0 Å². The van der Waals surface area contributed by atoms with Crippen molar-refractivity contribution in [2.45, 2.75) is 0 Å². The fourth-order valence-electron chi connectivity index (χ4n) is 0. The van der Waals surface area contributed by atoms with Crippen LogP contribution in [-0.4, -0.2) is 23.1 Å². The Morgan fingerprint density at radius 1 is 1.00 bits per heavy atom. The molecule has 0 saturated heterocycles. The molecule has 0 fully saturated rings. The van der Waals surface area contributed by atoms with Gasteiger partial charge < -0.3 is 0 Å². The Hall–Kier alpha value is 2.90. The fraction of sp³-hybridized carbons (Fsp3) is 0. The van der Waals surface area contributed by atoms with E-state index < -0.39 is 0 Å². The van der Waals surface area contributed by atoms with Gasteiger partial charge in [-0.2, -0.15) is 0 Å². The molecule has 0 amide bonds. The molecule has 0 aromatic rings. The Kier molecular flexibility index (Phi) is 120. The van der Waals surface area contributed by atoms with Crippen molar-refractivity contribution >= 4 is 23.1 Å². The average molecular weight is 269 g/mol. The van der Waals surface area contributed by atoms with Crippen LogP contribution in [0.4, 0.5) is 0 Å². The SMILES string of the molecule is [Co].[MgH2].[Nb].[Zr]. The second-order valence-electron chi connectivity index (χ2n) is 0. The normalized spacial score (nSPS) is 0. The Bertz CT molecular complexity index is 8.00. The summed E-state index contributed by atoms with van der Waals surface area (Å²) in [5.74, 6) is 0. The van der Waals surface area contributed by atoms with Gasteiger partial charge in [-0.3, -0.25) is 0 Å². The zero-order valence-corrected chi connectivity index (χ0v) is 6.98. The van der Waals surface area contributed by atoms with Gasteiger partial charge in [0, 0.05) is 65.4 Å². The monoisotopic (exact) mass is 268 g/mol. The van der Waals surface area contributed by atoms with E-state index in [9.17, 15) is 0 Å². The maximum Gasteiger partial charge on any atom is 0.316 e. The molecular weight excluding hydrogens is 267 g/mol. The van der Waals surface area contributed by atoms with Crippen molar-refractivity contribution in [3.05, 3.63) is 0 Å². The molecule has 0 saturated carbocycles. The average Bonchev–Trinajstić information content (AvgIpc) is 0. The summed E-state index contributed by atoms with van der Waals surface area (Å²) < 4.78 is 0. The summed E-state index contributed by atoms with van der Waals surface area (Å²) in [7, 11) is 0. The topological polar surface area (TPSA) is 0 Å². The van der Waals surface area contributed by atoms with E-state index in [1.807, 2.05) is 0 Å². The molecule has 4 heavy (non-hydrogen) atoms. The van der Waals surface area contributed by atoms with Crippen LogP contribution >= 0.6 is 0 Å². The summed E-state index contributed by atoms with van der Waals surface area (Å²) in [6, 6.07) is 0. The fourth-order valence-corrected chi connectivity index (χ4v) is 0. The van der Waals surface area contributed by atoms with Crippen LogP contribution in [0.2, 0.25) is 0 Å². The standard InChI is InChI=1S/Co.Mg.Nb.Zr.2H. The van der Waals surface area contributed by atoms with Gasteiger partial charge in [0.25, 0.3) is 0 Å². The minimum absolute atomic E-state index is 0. The number of hydrogen-bond acceptors (Lipinski definition) is 0.